The molecule has 0 saturated heterocycles. The predicted molar refractivity (Wildman–Crippen MR) is 95.5 cm³/mol. The lowest BCUT2D eigenvalue weighted by Gasteiger charge is -2.09. The minimum absolute atomic E-state index is 0.0305. The summed E-state index contributed by atoms with van der Waals surface area (Å²) >= 11 is 6.19. The molecule has 2 aromatic rings. The van der Waals surface area contributed by atoms with Crippen LogP contribution in [-0.2, 0) is 4.79 Å². The van der Waals surface area contributed by atoms with Gasteiger partial charge in [0.25, 0.3) is 0 Å². The van der Waals surface area contributed by atoms with E-state index in [1.165, 1.54) is 0 Å². The van der Waals surface area contributed by atoms with Crippen molar-refractivity contribution in [2.75, 3.05) is 17.7 Å². The Labute approximate surface area is 145 Å². The first-order valence-electron chi connectivity index (χ1n) is 7.72. The molecule has 24 heavy (non-hydrogen) atoms. The fraction of sp³-hybridized carbons (Fsp3) is 0.222. The molecule has 0 aliphatic heterocycles. The molecule has 1 fully saturated rings. The number of amides is 3. The minimum Gasteiger partial charge on any atom is -0.341 e. The van der Waals surface area contributed by atoms with E-state index in [1.54, 1.807) is 31.3 Å². The average molecular weight is 344 g/mol. The van der Waals surface area contributed by atoms with E-state index in [0.29, 0.717) is 16.4 Å². The number of carbonyl (C=O) groups is 2. The Morgan fingerprint density at radius 3 is 2.46 bits per heavy atom. The fourth-order valence-corrected chi connectivity index (χ4v) is 2.98. The Balaban J connectivity index is 1.63. The van der Waals surface area contributed by atoms with Crippen LogP contribution in [0.3, 0.4) is 0 Å². The summed E-state index contributed by atoms with van der Waals surface area (Å²) < 4.78 is 0. The second-order valence-corrected chi connectivity index (χ2v) is 6.15. The highest BCUT2D eigenvalue weighted by molar-refractivity contribution is 6.31. The number of anilines is 2. The normalized spacial score (nSPS) is 18.6. The summed E-state index contributed by atoms with van der Waals surface area (Å²) in [5.41, 5.74) is 2.29. The highest BCUT2D eigenvalue weighted by Crippen LogP contribution is 2.50. The molecule has 3 amide bonds. The fourth-order valence-electron chi connectivity index (χ4n) is 2.71. The number of benzene rings is 2. The topological polar surface area (TPSA) is 70.2 Å². The van der Waals surface area contributed by atoms with E-state index in [4.69, 9.17) is 11.6 Å². The van der Waals surface area contributed by atoms with Gasteiger partial charge in [-0.2, -0.15) is 0 Å². The third-order valence-electron chi connectivity index (χ3n) is 4.05. The SMILES string of the molecule is CNC(=O)Nc1cccc(NC(=O)C2CC2c2ccccc2Cl)c1. The van der Waals surface area contributed by atoms with Crippen LogP contribution >= 0.6 is 11.6 Å². The van der Waals surface area contributed by atoms with Crippen molar-refractivity contribution in [3.05, 3.63) is 59.1 Å². The van der Waals surface area contributed by atoms with E-state index in [1.807, 2.05) is 24.3 Å². The van der Waals surface area contributed by atoms with Crippen molar-refractivity contribution in [2.24, 2.45) is 5.92 Å². The van der Waals surface area contributed by atoms with Crippen molar-refractivity contribution < 1.29 is 9.59 Å². The zero-order valence-corrected chi connectivity index (χ0v) is 13.9. The molecule has 0 radical (unpaired) electrons. The molecule has 0 aromatic heterocycles. The maximum atomic E-state index is 12.4. The molecule has 6 heteroatoms. The molecule has 3 N–H and O–H groups in total. The van der Waals surface area contributed by atoms with Crippen LogP contribution in [0, 0.1) is 5.92 Å². The molecule has 1 aliphatic rings. The molecular formula is C18H18ClN3O2. The van der Waals surface area contributed by atoms with Crippen LogP contribution in [0.15, 0.2) is 48.5 Å². The zero-order valence-electron chi connectivity index (χ0n) is 13.2. The molecule has 124 valence electrons. The molecule has 3 rings (SSSR count). The number of carbonyl (C=O) groups excluding carboxylic acids is 2. The van der Waals surface area contributed by atoms with Gasteiger partial charge in [-0.25, -0.2) is 4.79 Å². The van der Waals surface area contributed by atoms with Gasteiger partial charge in [0.2, 0.25) is 5.91 Å². The number of hydrogen-bond donors (Lipinski definition) is 3. The van der Waals surface area contributed by atoms with Crippen LogP contribution in [0.5, 0.6) is 0 Å². The summed E-state index contributed by atoms with van der Waals surface area (Å²) in [7, 11) is 1.54. The van der Waals surface area contributed by atoms with Crippen molar-refractivity contribution in [2.45, 2.75) is 12.3 Å². The second kappa shape index (κ2) is 6.93. The summed E-state index contributed by atoms with van der Waals surface area (Å²) in [5, 5.41) is 8.76. The Morgan fingerprint density at radius 1 is 1.04 bits per heavy atom. The van der Waals surface area contributed by atoms with Gasteiger partial charge in [-0.3, -0.25) is 4.79 Å². The highest BCUT2D eigenvalue weighted by Gasteiger charge is 2.44. The summed E-state index contributed by atoms with van der Waals surface area (Å²) in [6.07, 6.45) is 0.797. The van der Waals surface area contributed by atoms with Gasteiger partial charge in [-0.05, 0) is 42.2 Å². The largest absolute Gasteiger partial charge is 0.341 e. The van der Waals surface area contributed by atoms with Crippen LogP contribution in [-0.4, -0.2) is 19.0 Å². The van der Waals surface area contributed by atoms with Gasteiger partial charge in [-0.15, -0.1) is 0 Å². The minimum atomic E-state index is -0.306. The van der Waals surface area contributed by atoms with Crippen molar-refractivity contribution in [3.63, 3.8) is 0 Å². The lowest BCUT2D eigenvalue weighted by atomic mass is 10.1. The Hall–Kier alpha value is -2.53. The first-order chi connectivity index (χ1) is 11.6. The van der Waals surface area contributed by atoms with E-state index < -0.39 is 0 Å². The van der Waals surface area contributed by atoms with E-state index in [9.17, 15) is 9.59 Å². The van der Waals surface area contributed by atoms with Crippen molar-refractivity contribution in [1.82, 2.24) is 5.32 Å². The molecule has 0 bridgehead atoms. The molecule has 2 atom stereocenters. The standard InChI is InChI=1S/C18H18ClN3O2/c1-20-18(24)22-12-6-4-5-11(9-12)21-17(23)15-10-14(15)13-7-2-3-8-16(13)19/h2-9,14-15H,10H2,1H3,(H,21,23)(H2,20,22,24). The molecule has 1 aliphatic carbocycles. The summed E-state index contributed by atoms with van der Waals surface area (Å²) in [6.45, 7) is 0. The smallest absolute Gasteiger partial charge is 0.318 e. The molecule has 1 saturated carbocycles. The Morgan fingerprint density at radius 2 is 1.75 bits per heavy atom. The van der Waals surface area contributed by atoms with Gasteiger partial charge >= 0.3 is 6.03 Å². The lowest BCUT2D eigenvalue weighted by molar-refractivity contribution is -0.117. The maximum Gasteiger partial charge on any atom is 0.318 e. The van der Waals surface area contributed by atoms with Gasteiger partial charge in [0.05, 0.1) is 0 Å². The van der Waals surface area contributed by atoms with Crippen molar-refractivity contribution in [1.29, 1.82) is 0 Å². The van der Waals surface area contributed by atoms with Crippen LogP contribution < -0.4 is 16.0 Å². The average Bonchev–Trinajstić information content (AvgIpc) is 3.36. The summed E-state index contributed by atoms with van der Waals surface area (Å²) in [4.78, 5) is 23.7. The van der Waals surface area contributed by atoms with Gasteiger partial charge in [0.15, 0.2) is 0 Å². The molecule has 0 spiro atoms. The molecular weight excluding hydrogens is 326 g/mol. The maximum absolute atomic E-state index is 12.4. The first-order valence-corrected chi connectivity index (χ1v) is 8.10. The molecule has 5 nitrogen and oxygen atoms in total. The predicted octanol–water partition coefficient (Wildman–Crippen LogP) is 3.83. The Bertz CT molecular complexity index is 778. The zero-order chi connectivity index (χ0) is 17.1. The number of nitrogens with one attached hydrogen (secondary N) is 3. The molecule has 0 heterocycles. The van der Waals surface area contributed by atoms with E-state index >= 15 is 0 Å². The summed E-state index contributed by atoms with van der Waals surface area (Å²) in [6, 6.07) is 14.4. The van der Waals surface area contributed by atoms with E-state index in [-0.39, 0.29) is 23.8 Å². The van der Waals surface area contributed by atoms with Gasteiger partial charge < -0.3 is 16.0 Å². The number of rotatable bonds is 4. The van der Waals surface area contributed by atoms with Crippen LogP contribution in [0.4, 0.5) is 16.2 Å². The quantitative estimate of drug-likeness (QED) is 0.789. The summed E-state index contributed by atoms with van der Waals surface area (Å²) in [5.74, 6) is 0.0725. The third-order valence-corrected chi connectivity index (χ3v) is 4.39. The van der Waals surface area contributed by atoms with Gasteiger partial charge in [0.1, 0.15) is 0 Å². The van der Waals surface area contributed by atoms with E-state index in [2.05, 4.69) is 16.0 Å². The number of halogens is 1. The van der Waals surface area contributed by atoms with Crippen LogP contribution in [0.1, 0.15) is 17.9 Å². The van der Waals surface area contributed by atoms with Crippen LogP contribution in [0.2, 0.25) is 5.02 Å². The molecule has 2 unspecified atom stereocenters. The third kappa shape index (κ3) is 3.68. The highest BCUT2D eigenvalue weighted by atomic mass is 35.5. The lowest BCUT2D eigenvalue weighted by Crippen LogP contribution is -2.24. The van der Waals surface area contributed by atoms with Crippen LogP contribution in [0.25, 0.3) is 0 Å². The van der Waals surface area contributed by atoms with Crippen molar-refractivity contribution in [3.8, 4) is 0 Å². The monoisotopic (exact) mass is 343 g/mol. The van der Waals surface area contributed by atoms with Crippen molar-refractivity contribution >= 4 is 34.9 Å². The first kappa shape index (κ1) is 16.3. The number of hydrogen-bond acceptors (Lipinski definition) is 2. The van der Waals surface area contributed by atoms with Gasteiger partial charge in [-0.1, -0.05) is 35.9 Å². The second-order valence-electron chi connectivity index (χ2n) is 5.74. The van der Waals surface area contributed by atoms with Gasteiger partial charge in [0, 0.05) is 29.4 Å². The molecule has 2 aromatic carbocycles. The Kier molecular flexibility index (Phi) is 4.71. The number of urea groups is 1. The van der Waals surface area contributed by atoms with E-state index in [0.717, 1.165) is 12.0 Å².